The Bertz CT molecular complexity index is 1150. The average molecular weight is 423 g/mol. The largest absolute Gasteiger partial charge is 0.495 e. The van der Waals surface area contributed by atoms with Gasteiger partial charge in [-0.1, -0.05) is 41.9 Å². The Balaban J connectivity index is 1.77. The van der Waals surface area contributed by atoms with Gasteiger partial charge in [-0.05, 0) is 36.2 Å². The first-order chi connectivity index (χ1) is 14.1. The van der Waals surface area contributed by atoms with Crippen LogP contribution in [0.3, 0.4) is 0 Å². The smallest absolute Gasteiger partial charge is 0.268 e. The Labute approximate surface area is 178 Å². The minimum atomic E-state index is -0.194. The first kappa shape index (κ1) is 19.3. The summed E-state index contributed by atoms with van der Waals surface area (Å²) in [5.41, 5.74) is 4.38. The van der Waals surface area contributed by atoms with E-state index in [1.54, 1.807) is 13.2 Å². The third-order valence-corrected chi connectivity index (χ3v) is 6.02. The van der Waals surface area contributed by atoms with Crippen LogP contribution < -0.4 is 10.1 Å². The summed E-state index contributed by atoms with van der Waals surface area (Å²) in [7, 11) is 1.56. The van der Waals surface area contributed by atoms with Gasteiger partial charge in [0.2, 0.25) is 0 Å². The van der Waals surface area contributed by atoms with Gasteiger partial charge in [0.25, 0.3) is 5.91 Å². The summed E-state index contributed by atoms with van der Waals surface area (Å²) in [6.45, 7) is 1.89. The quantitative estimate of drug-likeness (QED) is 0.402. The molecule has 0 bridgehead atoms. The molecule has 0 atom stereocenters. The van der Waals surface area contributed by atoms with Crippen LogP contribution in [-0.4, -0.2) is 17.6 Å². The van der Waals surface area contributed by atoms with Crippen molar-refractivity contribution in [1.82, 2.24) is 4.57 Å². The SMILES string of the molecule is COc1cc(Cl)c(C)cc1NC(=O)c1scc(-c2ccccc2)c1-n1cccc1. The van der Waals surface area contributed by atoms with Gasteiger partial charge in [-0.2, -0.15) is 0 Å². The highest BCUT2D eigenvalue weighted by atomic mass is 35.5. The molecule has 0 aliphatic heterocycles. The van der Waals surface area contributed by atoms with Gasteiger partial charge in [-0.25, -0.2) is 0 Å². The molecule has 1 amide bonds. The first-order valence-corrected chi connectivity index (χ1v) is 10.3. The molecule has 0 fully saturated rings. The van der Waals surface area contributed by atoms with Crippen molar-refractivity contribution in [2.45, 2.75) is 6.92 Å². The highest BCUT2D eigenvalue weighted by Gasteiger charge is 2.21. The van der Waals surface area contributed by atoms with Gasteiger partial charge in [0.15, 0.2) is 0 Å². The van der Waals surface area contributed by atoms with E-state index in [0.717, 1.165) is 22.4 Å². The van der Waals surface area contributed by atoms with Crippen molar-refractivity contribution >= 4 is 34.5 Å². The van der Waals surface area contributed by atoms with Crippen LogP contribution >= 0.6 is 22.9 Å². The van der Waals surface area contributed by atoms with Crippen LogP contribution in [0.2, 0.25) is 5.02 Å². The number of amides is 1. The molecule has 146 valence electrons. The Morgan fingerprint density at radius 3 is 2.52 bits per heavy atom. The molecular formula is C23H19ClN2O2S. The lowest BCUT2D eigenvalue weighted by atomic mass is 10.1. The second-order valence-electron chi connectivity index (χ2n) is 6.54. The van der Waals surface area contributed by atoms with E-state index < -0.39 is 0 Å². The summed E-state index contributed by atoms with van der Waals surface area (Å²) in [5.74, 6) is 0.331. The third kappa shape index (κ3) is 3.79. The lowest BCUT2D eigenvalue weighted by Crippen LogP contribution is -2.14. The third-order valence-electron chi connectivity index (χ3n) is 4.65. The molecule has 2 aromatic carbocycles. The zero-order valence-electron chi connectivity index (χ0n) is 16.0. The van der Waals surface area contributed by atoms with E-state index in [-0.39, 0.29) is 5.91 Å². The predicted octanol–water partition coefficient (Wildman–Crippen LogP) is 6.43. The predicted molar refractivity (Wildman–Crippen MR) is 120 cm³/mol. The fraction of sp³-hybridized carbons (Fsp3) is 0.0870. The first-order valence-electron chi connectivity index (χ1n) is 9.04. The highest BCUT2D eigenvalue weighted by Crippen LogP contribution is 2.37. The van der Waals surface area contributed by atoms with Crippen LogP contribution in [0, 0.1) is 6.92 Å². The highest BCUT2D eigenvalue weighted by molar-refractivity contribution is 7.13. The molecule has 0 saturated heterocycles. The Morgan fingerprint density at radius 1 is 1.10 bits per heavy atom. The molecule has 0 aliphatic rings. The number of hydrogen-bond donors (Lipinski definition) is 1. The van der Waals surface area contributed by atoms with E-state index in [4.69, 9.17) is 16.3 Å². The van der Waals surface area contributed by atoms with Gasteiger partial charge in [0, 0.05) is 34.4 Å². The molecule has 6 heteroatoms. The molecule has 0 radical (unpaired) electrons. The summed E-state index contributed by atoms with van der Waals surface area (Å²) in [6.07, 6.45) is 3.89. The van der Waals surface area contributed by atoms with Crippen LogP contribution in [0.15, 0.2) is 72.4 Å². The molecule has 4 nitrogen and oxygen atoms in total. The monoisotopic (exact) mass is 422 g/mol. The number of hydrogen-bond acceptors (Lipinski definition) is 3. The molecule has 0 aliphatic carbocycles. The standard InChI is InChI=1S/C23H19ClN2O2S/c1-15-12-19(20(28-2)13-18(15)24)25-23(27)22-21(26-10-6-7-11-26)17(14-29-22)16-8-4-3-5-9-16/h3-14H,1-2H3,(H,25,27). The topological polar surface area (TPSA) is 43.3 Å². The van der Waals surface area contributed by atoms with Gasteiger partial charge >= 0.3 is 0 Å². The minimum Gasteiger partial charge on any atom is -0.495 e. The summed E-state index contributed by atoms with van der Waals surface area (Å²) >= 11 is 7.61. The fourth-order valence-corrected chi connectivity index (χ4v) is 4.31. The number of methoxy groups -OCH3 is 1. The van der Waals surface area contributed by atoms with Crippen molar-refractivity contribution in [3.8, 4) is 22.6 Å². The molecule has 0 unspecified atom stereocenters. The van der Waals surface area contributed by atoms with Crippen molar-refractivity contribution in [3.05, 3.63) is 87.8 Å². The molecule has 0 spiro atoms. The lowest BCUT2D eigenvalue weighted by molar-refractivity contribution is 0.103. The molecule has 1 N–H and O–H groups in total. The number of carbonyl (C=O) groups excluding carboxylic acids is 1. The Hall–Kier alpha value is -3.02. The minimum absolute atomic E-state index is 0.194. The summed E-state index contributed by atoms with van der Waals surface area (Å²) < 4.78 is 7.36. The van der Waals surface area contributed by atoms with E-state index >= 15 is 0 Å². The van der Waals surface area contributed by atoms with Gasteiger partial charge in [0.1, 0.15) is 10.6 Å². The normalized spacial score (nSPS) is 10.7. The average Bonchev–Trinajstić information content (AvgIpc) is 3.40. The molecule has 2 heterocycles. The maximum atomic E-state index is 13.2. The number of carbonyl (C=O) groups is 1. The number of rotatable bonds is 5. The molecular weight excluding hydrogens is 404 g/mol. The zero-order chi connectivity index (χ0) is 20.4. The van der Waals surface area contributed by atoms with E-state index in [0.29, 0.717) is 21.3 Å². The number of nitrogens with zero attached hydrogens (tertiary/aromatic N) is 1. The van der Waals surface area contributed by atoms with E-state index in [1.165, 1.54) is 11.3 Å². The molecule has 2 aromatic heterocycles. The lowest BCUT2D eigenvalue weighted by Gasteiger charge is -2.13. The number of benzene rings is 2. The van der Waals surface area contributed by atoms with Crippen molar-refractivity contribution in [2.75, 3.05) is 12.4 Å². The van der Waals surface area contributed by atoms with E-state index in [9.17, 15) is 4.79 Å². The molecule has 0 saturated carbocycles. The van der Waals surface area contributed by atoms with Crippen molar-refractivity contribution in [1.29, 1.82) is 0 Å². The number of thiophene rings is 1. The number of halogens is 1. The fourth-order valence-electron chi connectivity index (χ4n) is 3.18. The van der Waals surface area contributed by atoms with E-state index in [2.05, 4.69) is 5.32 Å². The summed E-state index contributed by atoms with van der Waals surface area (Å²) in [6, 6.07) is 17.5. The summed E-state index contributed by atoms with van der Waals surface area (Å²) in [5, 5.41) is 5.60. The number of nitrogens with one attached hydrogen (secondary N) is 1. The van der Waals surface area contributed by atoms with Gasteiger partial charge in [-0.15, -0.1) is 11.3 Å². The number of anilines is 1. The van der Waals surface area contributed by atoms with Gasteiger partial charge in [-0.3, -0.25) is 4.79 Å². The van der Waals surface area contributed by atoms with Crippen LogP contribution in [0.5, 0.6) is 5.75 Å². The molecule has 4 rings (SSSR count). The van der Waals surface area contributed by atoms with Crippen LogP contribution in [0.4, 0.5) is 5.69 Å². The molecule has 29 heavy (non-hydrogen) atoms. The van der Waals surface area contributed by atoms with Crippen LogP contribution in [-0.2, 0) is 0 Å². The second kappa shape index (κ2) is 8.15. The summed E-state index contributed by atoms with van der Waals surface area (Å²) in [4.78, 5) is 13.9. The Morgan fingerprint density at radius 2 is 1.83 bits per heavy atom. The molecule has 4 aromatic rings. The second-order valence-corrected chi connectivity index (χ2v) is 7.83. The maximum absolute atomic E-state index is 13.2. The van der Waals surface area contributed by atoms with Crippen LogP contribution in [0.1, 0.15) is 15.2 Å². The van der Waals surface area contributed by atoms with E-state index in [1.807, 2.05) is 77.8 Å². The van der Waals surface area contributed by atoms with Crippen molar-refractivity contribution in [2.24, 2.45) is 0 Å². The van der Waals surface area contributed by atoms with Crippen molar-refractivity contribution in [3.63, 3.8) is 0 Å². The van der Waals surface area contributed by atoms with Crippen LogP contribution in [0.25, 0.3) is 16.8 Å². The zero-order valence-corrected chi connectivity index (χ0v) is 17.6. The van der Waals surface area contributed by atoms with Gasteiger partial charge in [0.05, 0.1) is 18.5 Å². The van der Waals surface area contributed by atoms with Gasteiger partial charge < -0.3 is 14.6 Å². The number of aryl methyl sites for hydroxylation is 1. The number of ether oxygens (including phenoxy) is 1. The maximum Gasteiger partial charge on any atom is 0.268 e. The Kier molecular flexibility index (Phi) is 5.43. The van der Waals surface area contributed by atoms with Crippen molar-refractivity contribution < 1.29 is 9.53 Å². The number of aromatic nitrogens is 1.